The normalized spacial score (nSPS) is 10.7. The van der Waals surface area contributed by atoms with E-state index in [1.165, 1.54) is 0 Å². The highest BCUT2D eigenvalue weighted by molar-refractivity contribution is 5.76. The molecule has 4 heteroatoms. The Balaban J connectivity index is 2.98. The molecule has 0 aliphatic rings. The average molecular weight is 231 g/mol. The molecule has 0 aliphatic carbocycles. The third-order valence-corrected chi connectivity index (χ3v) is 2.38. The smallest absolute Gasteiger partial charge is 0.219 e. The van der Waals surface area contributed by atoms with Crippen molar-refractivity contribution in [1.29, 1.82) is 5.26 Å². The maximum Gasteiger partial charge on any atom is 0.219 e. The van der Waals surface area contributed by atoms with Crippen LogP contribution in [-0.4, -0.2) is 11.4 Å². The Hall–Kier alpha value is -2.02. The molecule has 3 N–H and O–H groups in total. The Labute approximate surface area is 101 Å². The summed E-state index contributed by atoms with van der Waals surface area (Å²) in [6.45, 7) is 5.70. The van der Waals surface area contributed by atoms with Gasteiger partial charge in [-0.25, -0.2) is 0 Å². The summed E-state index contributed by atoms with van der Waals surface area (Å²) in [5.74, 6) is -0.367. The van der Waals surface area contributed by atoms with Crippen LogP contribution in [0.3, 0.4) is 0 Å². The fraction of sp³-hybridized carbons (Fsp3) is 0.385. The summed E-state index contributed by atoms with van der Waals surface area (Å²) < 4.78 is 0. The molecule has 0 heterocycles. The lowest BCUT2D eigenvalue weighted by Gasteiger charge is -2.26. The number of benzene rings is 1. The van der Waals surface area contributed by atoms with Crippen LogP contribution in [0.1, 0.15) is 31.4 Å². The van der Waals surface area contributed by atoms with Crippen molar-refractivity contribution in [3.05, 3.63) is 29.3 Å². The van der Waals surface area contributed by atoms with Gasteiger partial charge in [-0.05, 0) is 38.5 Å². The summed E-state index contributed by atoms with van der Waals surface area (Å²) >= 11 is 0. The van der Waals surface area contributed by atoms with Crippen molar-refractivity contribution in [3.63, 3.8) is 0 Å². The van der Waals surface area contributed by atoms with Crippen LogP contribution in [0.5, 0.6) is 0 Å². The number of nitrogens with zero attached hydrogens (tertiary/aromatic N) is 1. The van der Waals surface area contributed by atoms with E-state index in [2.05, 4.69) is 11.4 Å². The number of carbonyl (C=O) groups excluding carboxylic acids is 1. The standard InChI is InChI=1S/C13H17N3O/c1-9-4-5-10(8-14)11(6-9)16-13(2,3)7-12(15)17/h4-6,16H,7H2,1-3H3,(H2,15,17). The maximum atomic E-state index is 10.9. The van der Waals surface area contributed by atoms with Gasteiger partial charge in [0.05, 0.1) is 11.3 Å². The molecule has 1 rings (SSSR count). The van der Waals surface area contributed by atoms with Crippen LogP contribution in [-0.2, 0) is 4.79 Å². The fourth-order valence-corrected chi connectivity index (χ4v) is 1.70. The minimum atomic E-state index is -0.467. The van der Waals surface area contributed by atoms with Gasteiger partial charge < -0.3 is 11.1 Å². The number of carbonyl (C=O) groups is 1. The molecule has 90 valence electrons. The van der Waals surface area contributed by atoms with Crippen LogP contribution in [0.25, 0.3) is 0 Å². The van der Waals surface area contributed by atoms with Gasteiger partial charge >= 0.3 is 0 Å². The zero-order valence-electron chi connectivity index (χ0n) is 10.4. The largest absolute Gasteiger partial charge is 0.379 e. The van der Waals surface area contributed by atoms with Crippen molar-refractivity contribution in [2.45, 2.75) is 32.7 Å². The first kappa shape index (κ1) is 13.0. The molecule has 0 atom stereocenters. The van der Waals surface area contributed by atoms with Gasteiger partial charge in [-0.1, -0.05) is 6.07 Å². The highest BCUT2D eigenvalue weighted by Crippen LogP contribution is 2.22. The minimum Gasteiger partial charge on any atom is -0.379 e. The summed E-state index contributed by atoms with van der Waals surface area (Å²) in [5, 5.41) is 12.2. The number of rotatable bonds is 4. The highest BCUT2D eigenvalue weighted by atomic mass is 16.1. The van der Waals surface area contributed by atoms with Crippen molar-refractivity contribution in [2.24, 2.45) is 5.73 Å². The molecular formula is C13H17N3O. The zero-order valence-corrected chi connectivity index (χ0v) is 10.4. The SMILES string of the molecule is Cc1ccc(C#N)c(NC(C)(C)CC(N)=O)c1. The molecule has 1 aromatic rings. The molecule has 0 unspecified atom stereocenters. The van der Waals surface area contributed by atoms with Crippen LogP contribution in [0.4, 0.5) is 5.69 Å². The molecule has 0 fully saturated rings. The molecule has 0 aromatic heterocycles. The van der Waals surface area contributed by atoms with Crippen LogP contribution < -0.4 is 11.1 Å². The maximum absolute atomic E-state index is 10.9. The quantitative estimate of drug-likeness (QED) is 0.831. The molecule has 1 aromatic carbocycles. The predicted octanol–water partition coefficient (Wildman–Crippen LogP) is 1.93. The van der Waals surface area contributed by atoms with E-state index in [1.54, 1.807) is 6.07 Å². The lowest BCUT2D eigenvalue weighted by Crippen LogP contribution is -2.36. The van der Waals surface area contributed by atoms with Gasteiger partial charge in [0.25, 0.3) is 0 Å². The van der Waals surface area contributed by atoms with Gasteiger partial charge in [-0.15, -0.1) is 0 Å². The van der Waals surface area contributed by atoms with Crippen molar-refractivity contribution < 1.29 is 4.79 Å². The summed E-state index contributed by atoms with van der Waals surface area (Å²) in [6, 6.07) is 7.65. The second kappa shape index (κ2) is 4.88. The van der Waals surface area contributed by atoms with Crippen LogP contribution in [0.2, 0.25) is 0 Å². The molecule has 1 amide bonds. The van der Waals surface area contributed by atoms with Crippen LogP contribution in [0.15, 0.2) is 18.2 Å². The Morgan fingerprint density at radius 3 is 2.71 bits per heavy atom. The Morgan fingerprint density at radius 2 is 2.18 bits per heavy atom. The number of hydrogen-bond donors (Lipinski definition) is 2. The van der Waals surface area contributed by atoms with E-state index in [-0.39, 0.29) is 12.3 Å². The lowest BCUT2D eigenvalue weighted by molar-refractivity contribution is -0.118. The molecule has 0 saturated carbocycles. The van der Waals surface area contributed by atoms with Gasteiger partial charge in [-0.3, -0.25) is 4.79 Å². The van der Waals surface area contributed by atoms with Crippen LogP contribution in [0, 0.1) is 18.3 Å². The number of amides is 1. The third kappa shape index (κ3) is 3.80. The Morgan fingerprint density at radius 1 is 1.53 bits per heavy atom. The van der Waals surface area contributed by atoms with Crippen molar-refractivity contribution >= 4 is 11.6 Å². The molecule has 17 heavy (non-hydrogen) atoms. The van der Waals surface area contributed by atoms with E-state index in [1.807, 2.05) is 32.9 Å². The molecule has 0 saturated heterocycles. The minimum absolute atomic E-state index is 0.214. The van der Waals surface area contributed by atoms with E-state index in [9.17, 15) is 4.79 Å². The first-order chi connectivity index (χ1) is 7.84. The second-order valence-corrected chi connectivity index (χ2v) is 4.81. The van der Waals surface area contributed by atoms with Gasteiger partial charge in [0.1, 0.15) is 6.07 Å². The number of anilines is 1. The zero-order chi connectivity index (χ0) is 13.1. The molecular weight excluding hydrogens is 214 g/mol. The third-order valence-electron chi connectivity index (χ3n) is 2.38. The summed E-state index contributed by atoms with van der Waals surface area (Å²) in [6.07, 6.45) is 0.214. The first-order valence-electron chi connectivity index (χ1n) is 5.41. The summed E-state index contributed by atoms with van der Waals surface area (Å²) in [5.41, 5.74) is 7.08. The number of nitrogens with one attached hydrogen (secondary N) is 1. The number of primary amides is 1. The van der Waals surface area contributed by atoms with Crippen LogP contribution >= 0.6 is 0 Å². The number of nitrogens with two attached hydrogens (primary N) is 1. The van der Waals surface area contributed by atoms with E-state index < -0.39 is 5.54 Å². The van der Waals surface area contributed by atoms with Gasteiger partial charge in [-0.2, -0.15) is 5.26 Å². The topological polar surface area (TPSA) is 78.9 Å². The van der Waals surface area contributed by atoms with E-state index in [0.29, 0.717) is 5.56 Å². The highest BCUT2D eigenvalue weighted by Gasteiger charge is 2.21. The van der Waals surface area contributed by atoms with Crippen molar-refractivity contribution in [1.82, 2.24) is 0 Å². The Kier molecular flexibility index (Phi) is 3.74. The molecule has 0 radical (unpaired) electrons. The molecule has 0 bridgehead atoms. The number of hydrogen-bond acceptors (Lipinski definition) is 3. The number of aryl methyl sites for hydroxylation is 1. The summed E-state index contributed by atoms with van der Waals surface area (Å²) in [7, 11) is 0. The van der Waals surface area contributed by atoms with E-state index in [4.69, 9.17) is 11.0 Å². The van der Waals surface area contributed by atoms with Gasteiger partial charge in [0, 0.05) is 12.0 Å². The van der Waals surface area contributed by atoms with Crippen molar-refractivity contribution in [2.75, 3.05) is 5.32 Å². The van der Waals surface area contributed by atoms with Gasteiger partial charge in [0.15, 0.2) is 0 Å². The monoisotopic (exact) mass is 231 g/mol. The van der Waals surface area contributed by atoms with Crippen molar-refractivity contribution in [3.8, 4) is 6.07 Å². The molecule has 0 spiro atoms. The average Bonchev–Trinajstić information content (AvgIpc) is 2.14. The molecule has 4 nitrogen and oxygen atoms in total. The van der Waals surface area contributed by atoms with E-state index in [0.717, 1.165) is 11.3 Å². The first-order valence-corrected chi connectivity index (χ1v) is 5.41. The summed E-state index contributed by atoms with van der Waals surface area (Å²) in [4.78, 5) is 10.9. The lowest BCUT2D eigenvalue weighted by atomic mass is 9.98. The fourth-order valence-electron chi connectivity index (χ4n) is 1.70. The Bertz CT molecular complexity index is 472. The number of nitriles is 1. The second-order valence-electron chi connectivity index (χ2n) is 4.81. The molecule has 0 aliphatic heterocycles. The van der Waals surface area contributed by atoms with E-state index >= 15 is 0 Å². The van der Waals surface area contributed by atoms with Gasteiger partial charge in [0.2, 0.25) is 5.91 Å². The predicted molar refractivity (Wildman–Crippen MR) is 67.4 cm³/mol.